The summed E-state index contributed by atoms with van der Waals surface area (Å²) in [5.41, 5.74) is 2.29. The number of primary sulfonamides is 1. The lowest BCUT2D eigenvalue weighted by Crippen LogP contribution is -2.42. The van der Waals surface area contributed by atoms with Crippen LogP contribution in [0.4, 0.5) is 0 Å². The molecular formula is C12H14N4O5S2. The van der Waals surface area contributed by atoms with Crippen LogP contribution in [-0.2, 0) is 27.1 Å². The predicted molar refractivity (Wildman–Crippen MR) is 81.0 cm³/mol. The van der Waals surface area contributed by atoms with Crippen LogP contribution in [-0.4, -0.2) is 27.3 Å². The number of nitrogens with two attached hydrogens (primary N) is 1. The van der Waals surface area contributed by atoms with Gasteiger partial charge in [0, 0.05) is 13.2 Å². The molecule has 0 aliphatic heterocycles. The maximum atomic E-state index is 12.1. The van der Waals surface area contributed by atoms with Crippen molar-refractivity contribution in [1.29, 1.82) is 0 Å². The summed E-state index contributed by atoms with van der Waals surface area (Å²) in [6.07, 6.45) is 1.62. The number of carbonyl (C=O) groups excluding carboxylic acids is 1. The summed E-state index contributed by atoms with van der Waals surface area (Å²) in [4.78, 5) is 13.0. The highest BCUT2D eigenvalue weighted by Gasteiger charge is 2.19. The predicted octanol–water partition coefficient (Wildman–Crippen LogP) is -0.704. The quantitative estimate of drug-likeness (QED) is 0.606. The van der Waals surface area contributed by atoms with E-state index in [0.717, 1.165) is 12.1 Å². The molecule has 2 rings (SSSR count). The first-order valence-electron chi connectivity index (χ1n) is 6.17. The van der Waals surface area contributed by atoms with Gasteiger partial charge in [-0.05, 0) is 30.3 Å². The number of carbonyl (C=O) groups is 1. The van der Waals surface area contributed by atoms with Crippen molar-refractivity contribution < 1.29 is 21.6 Å². The minimum atomic E-state index is -4.15. The van der Waals surface area contributed by atoms with Gasteiger partial charge in [-0.15, -0.1) is 4.83 Å². The number of nitrogens with zero attached hydrogens (tertiary/aromatic N) is 1. The van der Waals surface area contributed by atoms with E-state index >= 15 is 0 Å². The Kier molecular flexibility index (Phi) is 4.56. The molecule has 0 radical (unpaired) electrons. The molecule has 0 saturated heterocycles. The van der Waals surface area contributed by atoms with E-state index in [2.05, 4.69) is 0 Å². The van der Waals surface area contributed by atoms with Gasteiger partial charge in [-0.25, -0.2) is 22.0 Å². The third-order valence-electron chi connectivity index (χ3n) is 2.92. The largest absolute Gasteiger partial charge is 0.347 e. The zero-order chi connectivity index (χ0) is 17.3. The standard InChI is InChI=1S/C12H14N4O5S2/c1-16-7-3-6-11(16)12(17)14-15-23(20,21)10-5-2-4-9(8-10)22(13,18)19/h2-8,15H,1H3,(H,14,17)(H2,13,18,19). The maximum absolute atomic E-state index is 12.1. The summed E-state index contributed by atoms with van der Waals surface area (Å²) >= 11 is 0. The topological polar surface area (TPSA) is 140 Å². The van der Waals surface area contributed by atoms with E-state index in [4.69, 9.17) is 5.14 Å². The third kappa shape index (κ3) is 3.96. The Balaban J connectivity index is 2.20. The molecule has 1 amide bonds. The van der Waals surface area contributed by atoms with Crippen LogP contribution in [0.1, 0.15) is 10.5 Å². The number of aryl methyl sites for hydroxylation is 1. The number of rotatable bonds is 5. The molecule has 0 unspecified atom stereocenters. The van der Waals surface area contributed by atoms with E-state index < -0.39 is 26.0 Å². The van der Waals surface area contributed by atoms with Gasteiger partial charge in [-0.1, -0.05) is 6.07 Å². The van der Waals surface area contributed by atoms with Gasteiger partial charge in [-0.3, -0.25) is 10.2 Å². The normalized spacial score (nSPS) is 12.1. The van der Waals surface area contributed by atoms with Gasteiger partial charge in [0.1, 0.15) is 5.69 Å². The molecule has 1 aromatic carbocycles. The van der Waals surface area contributed by atoms with Crippen molar-refractivity contribution in [3.8, 4) is 0 Å². The third-order valence-corrected chi connectivity index (χ3v) is 5.08. The Hall–Kier alpha value is -2.21. The Morgan fingerprint density at radius 1 is 1.09 bits per heavy atom. The molecule has 124 valence electrons. The van der Waals surface area contributed by atoms with Gasteiger partial charge in [0.2, 0.25) is 10.0 Å². The molecule has 1 heterocycles. The van der Waals surface area contributed by atoms with Crippen molar-refractivity contribution in [3.63, 3.8) is 0 Å². The molecular weight excluding hydrogens is 344 g/mol. The van der Waals surface area contributed by atoms with Crippen LogP contribution in [0.2, 0.25) is 0 Å². The van der Waals surface area contributed by atoms with Crippen LogP contribution in [0.5, 0.6) is 0 Å². The smallest absolute Gasteiger partial charge is 0.282 e. The van der Waals surface area contributed by atoms with E-state index in [1.165, 1.54) is 22.8 Å². The number of sulfonamides is 2. The summed E-state index contributed by atoms with van der Waals surface area (Å²) in [7, 11) is -6.57. The first-order valence-corrected chi connectivity index (χ1v) is 9.20. The van der Waals surface area contributed by atoms with Crippen molar-refractivity contribution in [1.82, 2.24) is 14.8 Å². The number of aromatic nitrogens is 1. The SMILES string of the molecule is Cn1cccc1C(=O)NNS(=O)(=O)c1cccc(S(N)(=O)=O)c1. The van der Waals surface area contributed by atoms with Gasteiger partial charge in [0.25, 0.3) is 15.9 Å². The minimum Gasteiger partial charge on any atom is -0.347 e. The molecule has 0 spiro atoms. The molecule has 1 aromatic heterocycles. The Morgan fingerprint density at radius 2 is 1.74 bits per heavy atom. The number of hydrogen-bond acceptors (Lipinski definition) is 5. The zero-order valence-corrected chi connectivity index (χ0v) is 13.6. The first-order chi connectivity index (χ1) is 10.6. The molecule has 9 nitrogen and oxygen atoms in total. The molecule has 2 aromatic rings. The molecule has 23 heavy (non-hydrogen) atoms. The van der Waals surface area contributed by atoms with Crippen LogP contribution in [0.3, 0.4) is 0 Å². The van der Waals surface area contributed by atoms with E-state index in [-0.39, 0.29) is 15.5 Å². The maximum Gasteiger partial charge on any atom is 0.282 e. The second-order valence-corrected chi connectivity index (χ2v) is 7.83. The van der Waals surface area contributed by atoms with Gasteiger partial charge in [0.05, 0.1) is 9.79 Å². The average molecular weight is 358 g/mol. The molecule has 4 N–H and O–H groups in total. The fourth-order valence-electron chi connectivity index (χ4n) is 1.75. The van der Waals surface area contributed by atoms with Gasteiger partial charge in [-0.2, -0.15) is 0 Å². The molecule has 0 atom stereocenters. The lowest BCUT2D eigenvalue weighted by Gasteiger charge is -2.09. The van der Waals surface area contributed by atoms with Crippen LogP contribution in [0, 0.1) is 0 Å². The second kappa shape index (κ2) is 6.12. The van der Waals surface area contributed by atoms with Crippen LogP contribution < -0.4 is 15.4 Å². The minimum absolute atomic E-state index is 0.242. The molecule has 0 saturated carbocycles. The van der Waals surface area contributed by atoms with Crippen LogP contribution in [0.15, 0.2) is 52.4 Å². The van der Waals surface area contributed by atoms with Crippen molar-refractivity contribution in [2.75, 3.05) is 0 Å². The Labute approximate surface area is 133 Å². The fraction of sp³-hybridized carbons (Fsp3) is 0.0833. The molecule has 11 heteroatoms. The number of benzene rings is 1. The summed E-state index contributed by atoms with van der Waals surface area (Å²) in [6.45, 7) is 0. The number of nitrogens with one attached hydrogen (secondary N) is 2. The molecule has 0 bridgehead atoms. The highest BCUT2D eigenvalue weighted by molar-refractivity contribution is 7.90. The lowest BCUT2D eigenvalue weighted by molar-refractivity contribution is 0.0937. The number of hydrazine groups is 1. The zero-order valence-electron chi connectivity index (χ0n) is 11.9. The van der Waals surface area contributed by atoms with Crippen molar-refractivity contribution in [3.05, 3.63) is 48.3 Å². The summed E-state index contributed by atoms with van der Waals surface area (Å²) < 4.78 is 48.2. The van der Waals surface area contributed by atoms with Gasteiger partial charge in [0.15, 0.2) is 0 Å². The summed E-state index contributed by atoms with van der Waals surface area (Å²) in [5.74, 6) is -0.663. The first kappa shape index (κ1) is 17.1. The average Bonchev–Trinajstić information content (AvgIpc) is 2.90. The molecule has 0 fully saturated rings. The summed E-state index contributed by atoms with van der Waals surface area (Å²) in [6, 6.07) is 7.59. The van der Waals surface area contributed by atoms with Crippen molar-refractivity contribution >= 4 is 26.0 Å². The van der Waals surface area contributed by atoms with Gasteiger partial charge < -0.3 is 4.57 Å². The lowest BCUT2D eigenvalue weighted by atomic mass is 10.4. The van der Waals surface area contributed by atoms with E-state index in [9.17, 15) is 21.6 Å². The molecule has 0 aliphatic carbocycles. The summed E-state index contributed by atoms with van der Waals surface area (Å²) in [5, 5.41) is 4.96. The van der Waals surface area contributed by atoms with Gasteiger partial charge >= 0.3 is 0 Å². The van der Waals surface area contributed by atoms with Crippen LogP contribution in [0.25, 0.3) is 0 Å². The fourth-order valence-corrected chi connectivity index (χ4v) is 3.27. The number of hydrogen-bond donors (Lipinski definition) is 3. The monoisotopic (exact) mass is 358 g/mol. The van der Waals surface area contributed by atoms with Crippen LogP contribution >= 0.6 is 0 Å². The van der Waals surface area contributed by atoms with E-state index in [1.54, 1.807) is 19.3 Å². The highest BCUT2D eigenvalue weighted by atomic mass is 32.2. The second-order valence-electron chi connectivity index (χ2n) is 4.58. The Morgan fingerprint density at radius 3 is 2.30 bits per heavy atom. The van der Waals surface area contributed by atoms with E-state index in [0.29, 0.717) is 0 Å². The van der Waals surface area contributed by atoms with E-state index in [1.807, 2.05) is 10.3 Å². The van der Waals surface area contributed by atoms with Crippen molar-refractivity contribution in [2.24, 2.45) is 12.2 Å². The van der Waals surface area contributed by atoms with Crippen molar-refractivity contribution in [2.45, 2.75) is 9.79 Å². The number of amides is 1. The highest BCUT2D eigenvalue weighted by Crippen LogP contribution is 2.14. The molecule has 0 aliphatic rings. The Bertz CT molecular complexity index is 947.